The zero-order valence-electron chi connectivity index (χ0n) is 10.6. The van der Waals surface area contributed by atoms with Crippen LogP contribution in [0.1, 0.15) is 47.5 Å². The monoisotopic (exact) mass is 228 g/mol. The van der Waals surface area contributed by atoms with Gasteiger partial charge in [-0.2, -0.15) is 0 Å². The predicted octanol–water partition coefficient (Wildman–Crippen LogP) is 3.28. The molecular weight excluding hydrogens is 204 g/mol. The molecule has 3 heteroatoms. The van der Waals surface area contributed by atoms with Gasteiger partial charge in [-0.3, -0.25) is 4.99 Å². The molecule has 0 saturated heterocycles. The van der Waals surface area contributed by atoms with Crippen molar-refractivity contribution in [2.45, 2.75) is 58.2 Å². The molecule has 0 aliphatic carbocycles. The van der Waals surface area contributed by atoms with Gasteiger partial charge >= 0.3 is 0 Å². The minimum Gasteiger partial charge on any atom is -0.360 e. The predicted molar refractivity (Wildman–Crippen MR) is 70.6 cm³/mol. The quantitative estimate of drug-likeness (QED) is 0.798. The van der Waals surface area contributed by atoms with E-state index in [1.54, 1.807) is 0 Å². The first-order valence-electron chi connectivity index (χ1n) is 5.92. The molecular formula is C12H24N2S. The number of thioether (sulfide) groups is 1. The summed E-state index contributed by atoms with van der Waals surface area (Å²) in [6.07, 6.45) is 2.40. The Hall–Kier alpha value is -0.180. The van der Waals surface area contributed by atoms with Gasteiger partial charge in [-0.1, -0.05) is 32.5 Å². The van der Waals surface area contributed by atoms with Gasteiger partial charge in [-0.05, 0) is 32.6 Å². The molecule has 0 fully saturated rings. The molecule has 0 amide bonds. The number of nitrogens with zero attached hydrogens (tertiary/aromatic N) is 1. The molecule has 1 aliphatic heterocycles. The first-order valence-corrected chi connectivity index (χ1v) is 6.80. The highest BCUT2D eigenvalue weighted by molar-refractivity contribution is 8.14. The van der Waals surface area contributed by atoms with Crippen LogP contribution >= 0.6 is 11.8 Å². The van der Waals surface area contributed by atoms with Crippen LogP contribution in [0.15, 0.2) is 4.99 Å². The van der Waals surface area contributed by atoms with E-state index in [0.717, 1.165) is 24.1 Å². The fraction of sp³-hybridized carbons (Fsp3) is 0.917. The Kier molecular flexibility index (Phi) is 4.50. The standard InChI is InChI=1S/C12H24N2S/c1-6-12(4,5)14-11-13-8-10(15-11)7-9(2)3/h9-10H,6-8H2,1-5H3,(H,13,14). The Labute approximate surface area is 98.3 Å². The van der Waals surface area contributed by atoms with E-state index in [1.807, 2.05) is 11.8 Å². The molecule has 1 rings (SSSR count). The van der Waals surface area contributed by atoms with Crippen LogP contribution in [0.5, 0.6) is 0 Å². The van der Waals surface area contributed by atoms with Gasteiger partial charge in [0.2, 0.25) is 0 Å². The fourth-order valence-electron chi connectivity index (χ4n) is 1.51. The highest BCUT2D eigenvalue weighted by Gasteiger charge is 2.24. The highest BCUT2D eigenvalue weighted by Crippen LogP contribution is 2.26. The summed E-state index contributed by atoms with van der Waals surface area (Å²) < 4.78 is 0. The summed E-state index contributed by atoms with van der Waals surface area (Å²) in [7, 11) is 0. The van der Waals surface area contributed by atoms with E-state index in [-0.39, 0.29) is 5.54 Å². The Balaban J connectivity index is 2.36. The van der Waals surface area contributed by atoms with Crippen LogP contribution in [-0.2, 0) is 0 Å². The summed E-state index contributed by atoms with van der Waals surface area (Å²) in [5, 5.41) is 5.36. The second-order valence-electron chi connectivity index (χ2n) is 5.38. The van der Waals surface area contributed by atoms with Gasteiger partial charge in [0, 0.05) is 10.8 Å². The van der Waals surface area contributed by atoms with Gasteiger partial charge < -0.3 is 5.32 Å². The third-order valence-electron chi connectivity index (χ3n) is 2.78. The van der Waals surface area contributed by atoms with E-state index in [9.17, 15) is 0 Å². The van der Waals surface area contributed by atoms with E-state index in [1.165, 1.54) is 6.42 Å². The Morgan fingerprint density at radius 2 is 2.20 bits per heavy atom. The van der Waals surface area contributed by atoms with Crippen LogP contribution in [0, 0.1) is 5.92 Å². The van der Waals surface area contributed by atoms with Crippen molar-refractivity contribution in [2.75, 3.05) is 6.54 Å². The smallest absolute Gasteiger partial charge is 0.157 e. The molecule has 15 heavy (non-hydrogen) atoms. The number of nitrogens with one attached hydrogen (secondary N) is 1. The molecule has 0 bridgehead atoms. The number of hydrogen-bond acceptors (Lipinski definition) is 3. The summed E-state index contributed by atoms with van der Waals surface area (Å²) in [5.74, 6) is 0.774. The van der Waals surface area contributed by atoms with Gasteiger partial charge in [0.1, 0.15) is 0 Å². The van der Waals surface area contributed by atoms with Crippen LogP contribution in [-0.4, -0.2) is 22.5 Å². The maximum Gasteiger partial charge on any atom is 0.157 e. The van der Waals surface area contributed by atoms with Crippen molar-refractivity contribution < 1.29 is 0 Å². The second kappa shape index (κ2) is 5.24. The lowest BCUT2D eigenvalue weighted by atomic mass is 10.0. The minimum absolute atomic E-state index is 0.179. The molecule has 1 N–H and O–H groups in total. The zero-order valence-corrected chi connectivity index (χ0v) is 11.4. The van der Waals surface area contributed by atoms with Crippen LogP contribution in [0.25, 0.3) is 0 Å². The highest BCUT2D eigenvalue weighted by atomic mass is 32.2. The molecule has 2 nitrogen and oxygen atoms in total. The first kappa shape index (κ1) is 12.9. The fourth-order valence-corrected chi connectivity index (χ4v) is 2.94. The molecule has 0 spiro atoms. The number of aliphatic imine (C=N–C) groups is 1. The zero-order chi connectivity index (χ0) is 11.5. The SMILES string of the molecule is CCC(C)(C)NC1=NCC(CC(C)C)S1. The summed E-state index contributed by atoms with van der Waals surface area (Å²) >= 11 is 1.92. The molecule has 0 radical (unpaired) electrons. The number of amidine groups is 1. The van der Waals surface area contributed by atoms with Crippen LogP contribution in [0.4, 0.5) is 0 Å². The van der Waals surface area contributed by atoms with Gasteiger partial charge in [0.25, 0.3) is 0 Å². The largest absolute Gasteiger partial charge is 0.360 e. The van der Waals surface area contributed by atoms with Gasteiger partial charge in [0.15, 0.2) is 5.17 Å². The third-order valence-corrected chi connectivity index (χ3v) is 3.91. The van der Waals surface area contributed by atoms with Gasteiger partial charge in [0.05, 0.1) is 6.54 Å². The van der Waals surface area contributed by atoms with Crippen molar-refractivity contribution in [3.63, 3.8) is 0 Å². The summed E-state index contributed by atoms with van der Waals surface area (Å²) in [6.45, 7) is 12.2. The van der Waals surface area contributed by atoms with Gasteiger partial charge in [-0.25, -0.2) is 0 Å². The molecule has 0 aromatic heterocycles. The number of hydrogen-bond donors (Lipinski definition) is 1. The van der Waals surface area contributed by atoms with Crippen molar-refractivity contribution >= 4 is 16.9 Å². The maximum absolute atomic E-state index is 4.57. The van der Waals surface area contributed by atoms with E-state index >= 15 is 0 Å². The average Bonchev–Trinajstić information content (AvgIpc) is 2.50. The molecule has 88 valence electrons. The van der Waals surface area contributed by atoms with Crippen molar-refractivity contribution in [3.05, 3.63) is 0 Å². The van der Waals surface area contributed by atoms with Crippen molar-refractivity contribution in [3.8, 4) is 0 Å². The summed E-state index contributed by atoms with van der Waals surface area (Å²) in [5.41, 5.74) is 0.179. The second-order valence-corrected chi connectivity index (χ2v) is 6.67. The van der Waals surface area contributed by atoms with Crippen molar-refractivity contribution in [1.29, 1.82) is 0 Å². The average molecular weight is 228 g/mol. The molecule has 0 saturated carbocycles. The molecule has 1 unspecified atom stereocenters. The molecule has 1 atom stereocenters. The Morgan fingerprint density at radius 3 is 2.73 bits per heavy atom. The van der Waals surface area contributed by atoms with E-state index in [2.05, 4.69) is 44.9 Å². The Morgan fingerprint density at radius 1 is 1.53 bits per heavy atom. The van der Waals surface area contributed by atoms with Crippen LogP contribution in [0.3, 0.4) is 0 Å². The van der Waals surface area contributed by atoms with Crippen molar-refractivity contribution in [1.82, 2.24) is 5.32 Å². The van der Waals surface area contributed by atoms with Crippen LogP contribution < -0.4 is 5.32 Å². The normalized spacial score (nSPS) is 22.0. The van der Waals surface area contributed by atoms with Crippen molar-refractivity contribution in [2.24, 2.45) is 10.9 Å². The Bertz CT molecular complexity index is 234. The summed E-state index contributed by atoms with van der Waals surface area (Å²) in [6, 6.07) is 0. The van der Waals surface area contributed by atoms with E-state index < -0.39 is 0 Å². The van der Waals surface area contributed by atoms with E-state index in [0.29, 0.717) is 5.25 Å². The lowest BCUT2D eigenvalue weighted by molar-refractivity contribution is 0.448. The maximum atomic E-state index is 4.57. The number of rotatable bonds is 4. The lowest BCUT2D eigenvalue weighted by Crippen LogP contribution is -2.41. The van der Waals surface area contributed by atoms with E-state index in [4.69, 9.17) is 0 Å². The van der Waals surface area contributed by atoms with Gasteiger partial charge in [-0.15, -0.1) is 0 Å². The first-order chi connectivity index (χ1) is 6.93. The third kappa shape index (κ3) is 4.45. The van der Waals surface area contributed by atoms with Crippen LogP contribution in [0.2, 0.25) is 0 Å². The summed E-state index contributed by atoms with van der Waals surface area (Å²) in [4.78, 5) is 4.57. The minimum atomic E-state index is 0.179. The molecule has 1 aliphatic rings. The molecule has 1 heterocycles. The molecule has 0 aromatic rings. The topological polar surface area (TPSA) is 24.4 Å². The molecule has 0 aromatic carbocycles. The lowest BCUT2D eigenvalue weighted by Gasteiger charge is -2.25.